The Morgan fingerprint density at radius 1 is 1.13 bits per heavy atom. The van der Waals surface area contributed by atoms with Crippen LogP contribution in [0.15, 0.2) is 24.3 Å². The maximum absolute atomic E-state index is 12.3. The third kappa shape index (κ3) is 4.65. The third-order valence-electron chi connectivity index (χ3n) is 4.24. The number of ketones is 1. The summed E-state index contributed by atoms with van der Waals surface area (Å²) in [6.45, 7) is 4.82. The Morgan fingerprint density at radius 3 is 2.26 bits per heavy atom. The van der Waals surface area contributed by atoms with E-state index in [-0.39, 0.29) is 23.5 Å². The van der Waals surface area contributed by atoms with Crippen molar-refractivity contribution in [1.29, 1.82) is 0 Å². The maximum Gasteiger partial charge on any atom is 0.227 e. The van der Waals surface area contributed by atoms with Crippen molar-refractivity contribution in [2.75, 3.05) is 18.4 Å². The second kappa shape index (κ2) is 7.90. The molecular weight excluding hydrogens is 292 g/mol. The normalized spacial score (nSPS) is 15.3. The summed E-state index contributed by atoms with van der Waals surface area (Å²) >= 11 is 0. The maximum atomic E-state index is 12.3. The highest BCUT2D eigenvalue weighted by molar-refractivity contribution is 5.96. The molecule has 0 unspecified atom stereocenters. The molecule has 0 radical (unpaired) electrons. The van der Waals surface area contributed by atoms with Crippen molar-refractivity contribution in [2.24, 2.45) is 5.92 Å². The number of carbonyl (C=O) groups excluding carboxylic acids is 3. The van der Waals surface area contributed by atoms with Crippen molar-refractivity contribution in [3.63, 3.8) is 0 Å². The molecule has 0 aromatic heterocycles. The van der Waals surface area contributed by atoms with Crippen LogP contribution >= 0.6 is 0 Å². The Labute approximate surface area is 137 Å². The number of likely N-dealkylation sites (tertiary alicyclic amines) is 1. The van der Waals surface area contributed by atoms with E-state index in [9.17, 15) is 14.4 Å². The molecule has 0 bridgehead atoms. The van der Waals surface area contributed by atoms with E-state index < -0.39 is 0 Å². The number of hydrogen-bond donors (Lipinski definition) is 1. The van der Waals surface area contributed by atoms with Gasteiger partial charge in [0.2, 0.25) is 11.8 Å². The molecule has 124 valence electrons. The van der Waals surface area contributed by atoms with Crippen molar-refractivity contribution >= 4 is 23.3 Å². The van der Waals surface area contributed by atoms with Crippen LogP contribution in [-0.2, 0) is 9.59 Å². The van der Waals surface area contributed by atoms with Gasteiger partial charge in [-0.2, -0.15) is 0 Å². The highest BCUT2D eigenvalue weighted by Crippen LogP contribution is 2.20. The monoisotopic (exact) mass is 316 g/mol. The first-order valence-corrected chi connectivity index (χ1v) is 8.21. The van der Waals surface area contributed by atoms with Gasteiger partial charge in [0.25, 0.3) is 0 Å². The van der Waals surface area contributed by atoms with Crippen molar-refractivity contribution in [3.05, 3.63) is 29.8 Å². The molecule has 2 amide bonds. The van der Waals surface area contributed by atoms with Crippen molar-refractivity contribution < 1.29 is 14.4 Å². The topological polar surface area (TPSA) is 66.5 Å². The number of Topliss-reactive ketones (excluding diaryl/α,β-unsaturated/α-hetero) is 1. The molecule has 23 heavy (non-hydrogen) atoms. The van der Waals surface area contributed by atoms with Crippen molar-refractivity contribution in [3.8, 4) is 0 Å². The van der Waals surface area contributed by atoms with E-state index in [1.807, 2.05) is 11.8 Å². The minimum Gasteiger partial charge on any atom is -0.343 e. The second-order valence-corrected chi connectivity index (χ2v) is 6.03. The summed E-state index contributed by atoms with van der Waals surface area (Å²) in [7, 11) is 0. The van der Waals surface area contributed by atoms with E-state index in [0.29, 0.717) is 43.6 Å². The molecular formula is C18H24N2O3. The molecule has 1 fully saturated rings. The Kier molecular flexibility index (Phi) is 5.90. The van der Waals surface area contributed by atoms with E-state index in [0.717, 1.165) is 6.42 Å². The molecule has 1 N–H and O–H groups in total. The van der Waals surface area contributed by atoms with Gasteiger partial charge in [0, 0.05) is 36.7 Å². The number of amides is 2. The van der Waals surface area contributed by atoms with Crippen LogP contribution in [0.5, 0.6) is 0 Å². The molecule has 5 nitrogen and oxygen atoms in total. The standard InChI is InChI=1S/C18H24N2O3/c1-3-4-17(22)20-11-9-15(10-12-20)18(23)19-16-7-5-14(6-8-16)13(2)21/h5-8,15H,3-4,9-12H2,1-2H3,(H,19,23). The summed E-state index contributed by atoms with van der Waals surface area (Å²) in [5, 5.41) is 2.89. The SMILES string of the molecule is CCCC(=O)N1CCC(C(=O)Nc2ccc(C(C)=O)cc2)CC1. The average molecular weight is 316 g/mol. The number of anilines is 1. The number of benzene rings is 1. The van der Waals surface area contributed by atoms with Crippen LogP contribution in [0.3, 0.4) is 0 Å². The van der Waals surface area contributed by atoms with Gasteiger partial charge < -0.3 is 10.2 Å². The average Bonchev–Trinajstić information content (AvgIpc) is 2.55. The first-order chi connectivity index (χ1) is 11.0. The van der Waals surface area contributed by atoms with Crippen molar-refractivity contribution in [2.45, 2.75) is 39.5 Å². The lowest BCUT2D eigenvalue weighted by atomic mass is 9.95. The molecule has 5 heteroatoms. The summed E-state index contributed by atoms with van der Waals surface area (Å²) in [5.41, 5.74) is 1.33. The van der Waals surface area contributed by atoms with Crippen LogP contribution in [0.25, 0.3) is 0 Å². The molecule has 1 saturated heterocycles. The van der Waals surface area contributed by atoms with E-state index in [4.69, 9.17) is 0 Å². The van der Waals surface area contributed by atoms with Gasteiger partial charge in [-0.3, -0.25) is 14.4 Å². The summed E-state index contributed by atoms with van der Waals surface area (Å²) in [4.78, 5) is 37.3. The zero-order chi connectivity index (χ0) is 16.8. The summed E-state index contributed by atoms with van der Waals surface area (Å²) in [5.74, 6) is 0.120. The fourth-order valence-corrected chi connectivity index (χ4v) is 2.80. The molecule has 0 spiro atoms. The fraction of sp³-hybridized carbons (Fsp3) is 0.500. The molecule has 0 saturated carbocycles. The third-order valence-corrected chi connectivity index (χ3v) is 4.24. The van der Waals surface area contributed by atoms with E-state index >= 15 is 0 Å². The Balaban J connectivity index is 1.85. The molecule has 1 aliphatic rings. The predicted molar refractivity (Wildman–Crippen MR) is 89.3 cm³/mol. The van der Waals surface area contributed by atoms with Crippen LogP contribution in [0.1, 0.15) is 49.9 Å². The fourth-order valence-electron chi connectivity index (χ4n) is 2.80. The van der Waals surface area contributed by atoms with Gasteiger partial charge in [-0.25, -0.2) is 0 Å². The zero-order valence-corrected chi connectivity index (χ0v) is 13.8. The van der Waals surface area contributed by atoms with Crippen LogP contribution in [0.4, 0.5) is 5.69 Å². The molecule has 1 aliphatic heterocycles. The summed E-state index contributed by atoms with van der Waals surface area (Å²) in [6, 6.07) is 6.91. The quantitative estimate of drug-likeness (QED) is 0.849. The molecule has 1 aromatic rings. The lowest BCUT2D eigenvalue weighted by Gasteiger charge is -2.31. The van der Waals surface area contributed by atoms with Gasteiger partial charge in [0.05, 0.1) is 0 Å². The molecule has 2 rings (SSSR count). The summed E-state index contributed by atoms with van der Waals surface area (Å²) < 4.78 is 0. The minimum atomic E-state index is -0.0619. The van der Waals surface area contributed by atoms with E-state index in [1.165, 1.54) is 6.92 Å². The zero-order valence-electron chi connectivity index (χ0n) is 13.8. The van der Waals surface area contributed by atoms with Gasteiger partial charge in [-0.15, -0.1) is 0 Å². The first kappa shape index (κ1) is 17.2. The van der Waals surface area contributed by atoms with Gasteiger partial charge in [-0.05, 0) is 50.5 Å². The highest BCUT2D eigenvalue weighted by atomic mass is 16.2. The van der Waals surface area contributed by atoms with Crippen LogP contribution < -0.4 is 5.32 Å². The Hall–Kier alpha value is -2.17. The molecule has 1 aromatic carbocycles. The van der Waals surface area contributed by atoms with Gasteiger partial charge in [0.15, 0.2) is 5.78 Å². The number of nitrogens with zero attached hydrogens (tertiary/aromatic N) is 1. The minimum absolute atomic E-state index is 0.00648. The van der Waals surface area contributed by atoms with Gasteiger partial charge in [0.1, 0.15) is 0 Å². The van der Waals surface area contributed by atoms with Gasteiger partial charge in [-0.1, -0.05) is 6.92 Å². The highest BCUT2D eigenvalue weighted by Gasteiger charge is 2.26. The number of rotatable bonds is 5. The largest absolute Gasteiger partial charge is 0.343 e. The van der Waals surface area contributed by atoms with E-state index in [2.05, 4.69) is 5.32 Å². The predicted octanol–water partition coefficient (Wildman–Crippen LogP) is 2.87. The number of piperidine rings is 1. The Morgan fingerprint density at radius 2 is 1.74 bits per heavy atom. The van der Waals surface area contributed by atoms with Crippen LogP contribution in [0, 0.1) is 5.92 Å². The van der Waals surface area contributed by atoms with E-state index in [1.54, 1.807) is 24.3 Å². The lowest BCUT2D eigenvalue weighted by molar-refractivity contribution is -0.134. The number of hydrogen-bond acceptors (Lipinski definition) is 3. The molecule has 0 aliphatic carbocycles. The molecule has 1 heterocycles. The Bertz CT molecular complexity index is 572. The van der Waals surface area contributed by atoms with Crippen molar-refractivity contribution in [1.82, 2.24) is 4.90 Å². The first-order valence-electron chi connectivity index (χ1n) is 8.21. The lowest BCUT2D eigenvalue weighted by Crippen LogP contribution is -2.41. The molecule has 0 atom stereocenters. The number of nitrogens with one attached hydrogen (secondary N) is 1. The summed E-state index contributed by atoms with van der Waals surface area (Å²) in [6.07, 6.45) is 2.84. The van der Waals surface area contributed by atoms with Crippen LogP contribution in [-0.4, -0.2) is 35.6 Å². The van der Waals surface area contributed by atoms with Gasteiger partial charge >= 0.3 is 0 Å². The smallest absolute Gasteiger partial charge is 0.227 e. The number of carbonyl (C=O) groups is 3. The second-order valence-electron chi connectivity index (χ2n) is 6.03. The van der Waals surface area contributed by atoms with Crippen LogP contribution in [0.2, 0.25) is 0 Å².